The van der Waals surface area contributed by atoms with Gasteiger partial charge in [-0.1, -0.05) is 6.07 Å². The molecule has 1 aliphatic heterocycles. The highest BCUT2D eigenvalue weighted by atomic mass is 16.5. The van der Waals surface area contributed by atoms with Crippen LogP contribution in [0.3, 0.4) is 0 Å². The van der Waals surface area contributed by atoms with E-state index in [2.05, 4.69) is 32.3 Å². The van der Waals surface area contributed by atoms with Crippen LogP contribution < -0.4 is 15.0 Å². The van der Waals surface area contributed by atoms with E-state index in [9.17, 15) is 5.26 Å². The number of hydrogen-bond acceptors (Lipinski definition) is 7. The summed E-state index contributed by atoms with van der Waals surface area (Å²) < 4.78 is 11.4. The first kappa shape index (κ1) is 17.8. The Morgan fingerprint density at radius 1 is 1.00 bits per heavy atom. The number of anilines is 3. The maximum absolute atomic E-state index is 9.50. The van der Waals surface area contributed by atoms with E-state index in [1.165, 1.54) is 0 Å². The molecular formula is C21H19N5O2. The number of morpholine rings is 1. The maximum atomic E-state index is 9.50. The Hall–Kier alpha value is -3.63. The molecule has 7 heteroatoms. The van der Waals surface area contributed by atoms with Crippen LogP contribution in [0.15, 0.2) is 60.9 Å². The fourth-order valence-corrected chi connectivity index (χ4v) is 2.97. The molecule has 0 bridgehead atoms. The Kier molecular flexibility index (Phi) is 5.31. The second-order valence-electron chi connectivity index (χ2n) is 6.22. The number of nitriles is 1. The summed E-state index contributed by atoms with van der Waals surface area (Å²) in [7, 11) is 0. The number of hydrogen-bond donors (Lipinski definition) is 1. The van der Waals surface area contributed by atoms with Gasteiger partial charge in [-0.3, -0.25) is 0 Å². The summed E-state index contributed by atoms with van der Waals surface area (Å²) in [5.41, 5.74) is 2.18. The van der Waals surface area contributed by atoms with Gasteiger partial charge in [0.2, 0.25) is 5.95 Å². The molecule has 4 rings (SSSR count). The first-order chi connectivity index (χ1) is 13.8. The van der Waals surface area contributed by atoms with Crippen molar-refractivity contribution in [3.05, 3.63) is 66.5 Å². The fourth-order valence-electron chi connectivity index (χ4n) is 2.97. The molecule has 1 fully saturated rings. The summed E-state index contributed by atoms with van der Waals surface area (Å²) in [6, 6.07) is 17.2. The van der Waals surface area contributed by atoms with Gasteiger partial charge in [0.05, 0.1) is 24.5 Å². The summed E-state index contributed by atoms with van der Waals surface area (Å²) in [5, 5.41) is 12.5. The van der Waals surface area contributed by atoms with Crippen LogP contribution >= 0.6 is 0 Å². The van der Waals surface area contributed by atoms with Crippen molar-refractivity contribution in [1.82, 2.24) is 9.97 Å². The molecule has 2 heterocycles. The van der Waals surface area contributed by atoms with Gasteiger partial charge in [-0.25, -0.2) is 9.97 Å². The molecule has 1 aromatic heterocycles. The first-order valence-electron chi connectivity index (χ1n) is 9.00. The molecule has 3 aromatic rings. The minimum absolute atomic E-state index is 0.436. The van der Waals surface area contributed by atoms with E-state index in [1.807, 2.05) is 24.3 Å². The third-order valence-electron chi connectivity index (χ3n) is 4.35. The second-order valence-corrected chi connectivity index (χ2v) is 6.22. The quantitative estimate of drug-likeness (QED) is 0.730. The van der Waals surface area contributed by atoms with Gasteiger partial charge in [-0.2, -0.15) is 5.26 Å². The average molecular weight is 373 g/mol. The van der Waals surface area contributed by atoms with E-state index in [0.717, 1.165) is 37.7 Å². The lowest BCUT2D eigenvalue weighted by Gasteiger charge is -2.29. The van der Waals surface area contributed by atoms with Gasteiger partial charge in [0.15, 0.2) is 0 Å². The molecule has 0 aliphatic carbocycles. The Bertz CT molecular complexity index is 982. The van der Waals surface area contributed by atoms with E-state index in [4.69, 9.17) is 9.47 Å². The lowest BCUT2D eigenvalue weighted by molar-refractivity contribution is 0.122. The number of nitrogens with zero attached hydrogens (tertiary/aromatic N) is 4. The molecular weight excluding hydrogens is 354 g/mol. The van der Waals surface area contributed by atoms with Crippen molar-refractivity contribution in [2.75, 3.05) is 36.5 Å². The lowest BCUT2D eigenvalue weighted by atomic mass is 10.2. The van der Waals surface area contributed by atoms with Gasteiger partial charge >= 0.3 is 0 Å². The predicted octanol–water partition coefficient (Wildman–Crippen LogP) is 3.72. The van der Waals surface area contributed by atoms with Crippen molar-refractivity contribution in [2.45, 2.75) is 0 Å². The molecule has 0 amide bonds. The van der Waals surface area contributed by atoms with Crippen LogP contribution in [-0.2, 0) is 4.74 Å². The van der Waals surface area contributed by atoms with Crippen LogP contribution in [0, 0.1) is 11.3 Å². The number of nitrogens with one attached hydrogen (secondary N) is 1. The molecule has 2 aromatic carbocycles. The summed E-state index contributed by atoms with van der Waals surface area (Å²) in [6.07, 6.45) is 3.28. The molecule has 0 saturated carbocycles. The topological polar surface area (TPSA) is 83.3 Å². The minimum Gasteiger partial charge on any atom is -0.457 e. The highest BCUT2D eigenvalue weighted by molar-refractivity contribution is 5.65. The van der Waals surface area contributed by atoms with E-state index < -0.39 is 0 Å². The van der Waals surface area contributed by atoms with E-state index in [-0.39, 0.29) is 0 Å². The summed E-state index contributed by atoms with van der Waals surface area (Å²) in [4.78, 5) is 10.5. The van der Waals surface area contributed by atoms with Crippen molar-refractivity contribution in [3.8, 4) is 17.6 Å². The standard InChI is InChI=1S/C21H19N5O2/c22-15-16-13-19(5-6-20(16)25-21-23-7-2-8-24-21)28-18-4-1-3-17(14-18)26-9-11-27-12-10-26/h1-8,13-14H,9-12H2,(H,23,24,25). The minimum atomic E-state index is 0.436. The van der Waals surface area contributed by atoms with Gasteiger partial charge in [0.1, 0.15) is 17.6 Å². The van der Waals surface area contributed by atoms with Gasteiger partial charge in [0, 0.05) is 43.3 Å². The molecule has 1 N–H and O–H groups in total. The fraction of sp³-hybridized carbons (Fsp3) is 0.190. The lowest BCUT2D eigenvalue weighted by Crippen LogP contribution is -2.36. The zero-order valence-electron chi connectivity index (χ0n) is 15.2. The van der Waals surface area contributed by atoms with E-state index in [1.54, 1.807) is 30.6 Å². The Balaban J connectivity index is 1.51. The van der Waals surface area contributed by atoms with Crippen molar-refractivity contribution >= 4 is 17.3 Å². The highest BCUT2D eigenvalue weighted by Crippen LogP contribution is 2.29. The summed E-state index contributed by atoms with van der Waals surface area (Å²) >= 11 is 0. The SMILES string of the molecule is N#Cc1cc(Oc2cccc(N3CCOCC3)c2)ccc1Nc1ncccn1. The molecule has 0 unspecified atom stereocenters. The number of benzene rings is 2. The molecule has 140 valence electrons. The molecule has 7 nitrogen and oxygen atoms in total. The zero-order valence-corrected chi connectivity index (χ0v) is 15.2. The zero-order chi connectivity index (χ0) is 19.2. The highest BCUT2D eigenvalue weighted by Gasteiger charge is 2.12. The molecule has 1 saturated heterocycles. The smallest absolute Gasteiger partial charge is 0.227 e. The monoisotopic (exact) mass is 373 g/mol. The third-order valence-corrected chi connectivity index (χ3v) is 4.35. The third kappa shape index (κ3) is 4.19. The molecule has 0 radical (unpaired) electrons. The Morgan fingerprint density at radius 2 is 1.79 bits per heavy atom. The Labute approximate surface area is 163 Å². The number of rotatable bonds is 5. The predicted molar refractivity (Wildman–Crippen MR) is 106 cm³/mol. The van der Waals surface area contributed by atoms with E-state index in [0.29, 0.717) is 22.9 Å². The normalized spacial score (nSPS) is 13.6. The van der Waals surface area contributed by atoms with E-state index >= 15 is 0 Å². The van der Waals surface area contributed by atoms with Gasteiger partial charge in [-0.15, -0.1) is 0 Å². The van der Waals surface area contributed by atoms with Crippen LogP contribution in [0.5, 0.6) is 11.5 Å². The molecule has 0 atom stereocenters. The van der Waals surface area contributed by atoms with Gasteiger partial charge in [0.25, 0.3) is 0 Å². The second kappa shape index (κ2) is 8.37. The first-order valence-corrected chi connectivity index (χ1v) is 9.00. The maximum Gasteiger partial charge on any atom is 0.227 e. The summed E-state index contributed by atoms with van der Waals surface area (Å²) in [6.45, 7) is 3.19. The van der Waals surface area contributed by atoms with Crippen molar-refractivity contribution in [3.63, 3.8) is 0 Å². The number of aromatic nitrogens is 2. The van der Waals surface area contributed by atoms with Crippen LogP contribution in [0.1, 0.15) is 5.56 Å². The Morgan fingerprint density at radius 3 is 2.57 bits per heavy atom. The van der Waals surface area contributed by atoms with Crippen molar-refractivity contribution < 1.29 is 9.47 Å². The van der Waals surface area contributed by atoms with Crippen molar-refractivity contribution in [1.29, 1.82) is 5.26 Å². The van der Waals surface area contributed by atoms with Crippen LogP contribution in [0.25, 0.3) is 0 Å². The summed E-state index contributed by atoms with van der Waals surface area (Å²) in [5.74, 6) is 1.75. The molecule has 0 spiro atoms. The largest absolute Gasteiger partial charge is 0.457 e. The van der Waals surface area contributed by atoms with Crippen molar-refractivity contribution in [2.24, 2.45) is 0 Å². The van der Waals surface area contributed by atoms with Crippen LogP contribution in [0.4, 0.5) is 17.3 Å². The number of ether oxygens (including phenoxy) is 2. The van der Waals surface area contributed by atoms with Gasteiger partial charge < -0.3 is 19.7 Å². The average Bonchev–Trinajstić information content (AvgIpc) is 2.76. The molecule has 28 heavy (non-hydrogen) atoms. The van der Waals surface area contributed by atoms with Crippen LogP contribution in [-0.4, -0.2) is 36.3 Å². The van der Waals surface area contributed by atoms with Crippen LogP contribution in [0.2, 0.25) is 0 Å². The molecule has 1 aliphatic rings. The van der Waals surface area contributed by atoms with Gasteiger partial charge in [-0.05, 0) is 30.3 Å².